The van der Waals surface area contributed by atoms with Crippen LogP contribution in [-0.4, -0.2) is 51.8 Å². The molecule has 1 aromatic carbocycles. The van der Waals surface area contributed by atoms with Gasteiger partial charge in [-0.05, 0) is 24.5 Å². The zero-order valence-electron chi connectivity index (χ0n) is 15.6. The maximum Gasteiger partial charge on any atom is 0.277 e. The summed E-state index contributed by atoms with van der Waals surface area (Å²) in [6.07, 6.45) is 0.598. The van der Waals surface area contributed by atoms with Crippen molar-refractivity contribution in [1.82, 2.24) is 25.2 Å². The largest absolute Gasteiger partial charge is 0.347 e. The average molecular weight is 359 g/mol. The molecule has 0 aliphatic heterocycles. The zero-order chi connectivity index (χ0) is 19.3. The molecule has 8 nitrogen and oxygen atoms in total. The lowest BCUT2D eigenvalue weighted by atomic mass is 10.0. The second-order valence-corrected chi connectivity index (χ2v) is 6.87. The van der Waals surface area contributed by atoms with Crippen molar-refractivity contribution in [2.45, 2.75) is 39.3 Å². The number of rotatable bonds is 7. The first kappa shape index (κ1) is 19.6. The van der Waals surface area contributed by atoms with Gasteiger partial charge in [0.25, 0.3) is 5.56 Å². The van der Waals surface area contributed by atoms with E-state index in [1.54, 1.807) is 38.4 Å². The van der Waals surface area contributed by atoms with E-state index < -0.39 is 6.04 Å². The molecule has 0 spiro atoms. The summed E-state index contributed by atoms with van der Waals surface area (Å²) in [6, 6.07) is 6.36. The van der Waals surface area contributed by atoms with Gasteiger partial charge in [0.05, 0.1) is 11.9 Å². The Kier molecular flexibility index (Phi) is 6.43. The number of amides is 2. The van der Waals surface area contributed by atoms with Crippen LogP contribution in [0.25, 0.3) is 10.9 Å². The Balaban J connectivity index is 2.04. The molecule has 0 aliphatic rings. The van der Waals surface area contributed by atoms with Crippen LogP contribution < -0.4 is 10.9 Å². The predicted octanol–water partition coefficient (Wildman–Crippen LogP) is 0.801. The molecule has 26 heavy (non-hydrogen) atoms. The van der Waals surface area contributed by atoms with Gasteiger partial charge in [0.1, 0.15) is 11.6 Å². The van der Waals surface area contributed by atoms with Crippen molar-refractivity contribution < 1.29 is 9.59 Å². The highest BCUT2D eigenvalue weighted by Crippen LogP contribution is 2.07. The topological polar surface area (TPSA) is 97.2 Å². The van der Waals surface area contributed by atoms with Crippen LogP contribution in [-0.2, 0) is 16.1 Å². The molecular weight excluding hydrogens is 334 g/mol. The van der Waals surface area contributed by atoms with Crippen molar-refractivity contribution in [2.24, 2.45) is 5.92 Å². The van der Waals surface area contributed by atoms with Crippen LogP contribution in [0.2, 0.25) is 0 Å². The highest BCUT2D eigenvalue weighted by atomic mass is 16.2. The number of nitrogens with one attached hydrogen (secondary N) is 1. The Morgan fingerprint density at radius 2 is 1.92 bits per heavy atom. The van der Waals surface area contributed by atoms with E-state index in [9.17, 15) is 14.4 Å². The molecule has 2 aromatic rings. The number of likely N-dealkylation sites (N-methyl/N-ethyl adjacent to an activating group) is 1. The van der Waals surface area contributed by atoms with E-state index in [4.69, 9.17) is 0 Å². The van der Waals surface area contributed by atoms with Crippen LogP contribution in [0.5, 0.6) is 0 Å². The smallest absolute Gasteiger partial charge is 0.277 e. The molecule has 1 atom stereocenters. The van der Waals surface area contributed by atoms with E-state index in [1.807, 2.05) is 13.8 Å². The SMILES string of the molecule is CC(C)CC(NC(=O)CCn1nnc2ccccc2c1=O)C(=O)N(C)C. The standard InChI is InChI=1S/C18H25N5O3/c1-12(2)11-15(18(26)22(3)4)19-16(24)9-10-23-17(25)13-7-5-6-8-14(13)20-21-23/h5-8,12,15H,9-11H2,1-4H3,(H,19,24). The van der Waals surface area contributed by atoms with Gasteiger partial charge in [-0.1, -0.05) is 31.2 Å². The minimum atomic E-state index is -0.572. The molecule has 0 saturated heterocycles. The normalized spacial score (nSPS) is 12.2. The van der Waals surface area contributed by atoms with Gasteiger partial charge >= 0.3 is 0 Å². The van der Waals surface area contributed by atoms with Crippen molar-refractivity contribution in [2.75, 3.05) is 14.1 Å². The lowest BCUT2D eigenvalue weighted by Gasteiger charge is -2.23. The lowest BCUT2D eigenvalue weighted by molar-refractivity contribution is -0.134. The number of fused-ring (bicyclic) bond motifs is 1. The van der Waals surface area contributed by atoms with E-state index in [0.29, 0.717) is 17.3 Å². The summed E-state index contributed by atoms with van der Waals surface area (Å²) in [7, 11) is 3.32. The number of carbonyl (C=O) groups is 2. The fourth-order valence-corrected chi connectivity index (χ4v) is 2.65. The first-order valence-corrected chi connectivity index (χ1v) is 8.62. The minimum Gasteiger partial charge on any atom is -0.347 e. The van der Waals surface area contributed by atoms with Gasteiger partial charge in [-0.25, -0.2) is 4.68 Å². The Morgan fingerprint density at radius 3 is 2.58 bits per heavy atom. The minimum absolute atomic E-state index is 0.0439. The van der Waals surface area contributed by atoms with E-state index in [1.165, 1.54) is 9.58 Å². The van der Waals surface area contributed by atoms with Gasteiger partial charge in [-0.15, -0.1) is 5.10 Å². The third-order valence-electron chi connectivity index (χ3n) is 3.96. The Bertz CT molecular complexity index is 844. The molecule has 0 fully saturated rings. The van der Waals surface area contributed by atoms with Crippen LogP contribution in [0.1, 0.15) is 26.7 Å². The maximum absolute atomic E-state index is 12.4. The number of carbonyl (C=O) groups excluding carboxylic acids is 2. The van der Waals surface area contributed by atoms with Crippen LogP contribution in [0.4, 0.5) is 0 Å². The molecule has 1 aromatic heterocycles. The highest BCUT2D eigenvalue weighted by molar-refractivity contribution is 5.87. The summed E-state index contributed by atoms with van der Waals surface area (Å²) in [5.41, 5.74) is 0.235. The van der Waals surface area contributed by atoms with E-state index in [-0.39, 0.29) is 36.3 Å². The molecule has 140 valence electrons. The molecule has 2 amide bonds. The maximum atomic E-state index is 12.4. The van der Waals surface area contributed by atoms with E-state index in [0.717, 1.165) is 0 Å². The summed E-state index contributed by atoms with van der Waals surface area (Å²) in [4.78, 5) is 38.3. The van der Waals surface area contributed by atoms with Gasteiger partial charge < -0.3 is 10.2 Å². The third kappa shape index (κ3) is 4.87. The molecule has 0 radical (unpaired) electrons. The van der Waals surface area contributed by atoms with Crippen molar-refractivity contribution in [1.29, 1.82) is 0 Å². The van der Waals surface area contributed by atoms with Gasteiger partial charge in [0, 0.05) is 20.5 Å². The predicted molar refractivity (Wildman–Crippen MR) is 98.5 cm³/mol. The number of benzene rings is 1. The van der Waals surface area contributed by atoms with Gasteiger partial charge in [-0.2, -0.15) is 0 Å². The van der Waals surface area contributed by atoms with Crippen molar-refractivity contribution in [3.8, 4) is 0 Å². The second-order valence-electron chi connectivity index (χ2n) is 6.87. The first-order chi connectivity index (χ1) is 12.3. The Labute approximate surface area is 152 Å². The van der Waals surface area contributed by atoms with Gasteiger partial charge in [0.2, 0.25) is 11.8 Å². The number of nitrogens with zero attached hydrogens (tertiary/aromatic N) is 4. The average Bonchev–Trinajstić information content (AvgIpc) is 2.59. The monoisotopic (exact) mass is 359 g/mol. The molecule has 0 aliphatic carbocycles. The summed E-state index contributed by atoms with van der Waals surface area (Å²) < 4.78 is 1.17. The Morgan fingerprint density at radius 1 is 1.23 bits per heavy atom. The number of aromatic nitrogens is 3. The molecule has 1 unspecified atom stereocenters. The van der Waals surface area contributed by atoms with Crippen LogP contribution >= 0.6 is 0 Å². The quantitative estimate of drug-likeness (QED) is 0.789. The van der Waals surface area contributed by atoms with E-state index in [2.05, 4.69) is 15.6 Å². The zero-order valence-corrected chi connectivity index (χ0v) is 15.6. The molecular formula is C18H25N5O3. The summed E-state index contributed by atoms with van der Waals surface area (Å²) in [5, 5.41) is 11.1. The molecule has 1 N–H and O–H groups in total. The third-order valence-corrected chi connectivity index (χ3v) is 3.96. The van der Waals surface area contributed by atoms with Crippen LogP contribution in [0, 0.1) is 5.92 Å². The number of hydrogen-bond donors (Lipinski definition) is 1. The van der Waals surface area contributed by atoms with Gasteiger partial charge in [-0.3, -0.25) is 14.4 Å². The van der Waals surface area contributed by atoms with Gasteiger partial charge in [0.15, 0.2) is 0 Å². The van der Waals surface area contributed by atoms with Crippen LogP contribution in [0.3, 0.4) is 0 Å². The molecule has 8 heteroatoms. The summed E-state index contributed by atoms with van der Waals surface area (Å²) in [5.74, 6) is -0.180. The number of hydrogen-bond acceptors (Lipinski definition) is 5. The number of aryl methyl sites for hydroxylation is 1. The van der Waals surface area contributed by atoms with E-state index >= 15 is 0 Å². The highest BCUT2D eigenvalue weighted by Gasteiger charge is 2.23. The molecule has 2 rings (SSSR count). The Hall–Kier alpha value is -2.77. The molecule has 0 saturated carbocycles. The summed E-state index contributed by atoms with van der Waals surface area (Å²) >= 11 is 0. The van der Waals surface area contributed by atoms with Crippen molar-refractivity contribution >= 4 is 22.7 Å². The van der Waals surface area contributed by atoms with Crippen molar-refractivity contribution in [3.05, 3.63) is 34.6 Å². The lowest BCUT2D eigenvalue weighted by Crippen LogP contribution is -2.47. The first-order valence-electron chi connectivity index (χ1n) is 8.62. The fraction of sp³-hybridized carbons (Fsp3) is 0.500. The van der Waals surface area contributed by atoms with Crippen LogP contribution in [0.15, 0.2) is 29.1 Å². The second kappa shape index (κ2) is 8.55. The fourth-order valence-electron chi connectivity index (χ4n) is 2.65. The summed E-state index contributed by atoms with van der Waals surface area (Å²) in [6.45, 7) is 4.09. The molecule has 0 bridgehead atoms. The molecule has 1 heterocycles. The van der Waals surface area contributed by atoms with Crippen molar-refractivity contribution in [3.63, 3.8) is 0 Å².